The van der Waals surface area contributed by atoms with Crippen molar-refractivity contribution in [1.82, 2.24) is 5.23 Å². The van der Waals surface area contributed by atoms with Gasteiger partial charge in [-0.2, -0.15) is 0 Å². The summed E-state index contributed by atoms with van der Waals surface area (Å²) in [6.07, 6.45) is 1.69. The van der Waals surface area contributed by atoms with Gasteiger partial charge in [0.25, 0.3) is 0 Å². The molecular formula is C6H14BNO2. The van der Waals surface area contributed by atoms with Crippen LogP contribution < -0.4 is 5.23 Å². The summed E-state index contributed by atoms with van der Waals surface area (Å²) < 4.78 is 0. The maximum atomic E-state index is 8.89. The minimum absolute atomic E-state index is 0.0826. The first-order chi connectivity index (χ1) is 4.68. The lowest BCUT2D eigenvalue weighted by atomic mass is 9.80. The summed E-state index contributed by atoms with van der Waals surface area (Å²) in [5.41, 5.74) is 0. The van der Waals surface area contributed by atoms with Crippen molar-refractivity contribution < 1.29 is 10.1 Å². The molecule has 3 N–H and O–H groups in total. The number of hydrogen-bond donors (Lipinski definition) is 3. The van der Waals surface area contributed by atoms with Gasteiger partial charge >= 0.3 is 7.05 Å². The molecule has 58 valence electrons. The van der Waals surface area contributed by atoms with E-state index in [1.807, 2.05) is 0 Å². The van der Waals surface area contributed by atoms with E-state index in [2.05, 4.69) is 5.23 Å². The van der Waals surface area contributed by atoms with Crippen LogP contribution in [0.15, 0.2) is 0 Å². The van der Waals surface area contributed by atoms with E-state index in [1.165, 1.54) is 0 Å². The van der Waals surface area contributed by atoms with Crippen LogP contribution in [-0.2, 0) is 0 Å². The Bertz CT molecular complexity index is 104. The standard InChI is InChI=1S/C6H14BNO2/c1-7(10)8-4-5-2-6(9)3-5/h5-6,8-10H,2-4H2,1H3. The second-order valence-corrected chi connectivity index (χ2v) is 3.08. The number of aliphatic hydroxyl groups is 1. The van der Waals surface area contributed by atoms with Crippen LogP contribution in [0, 0.1) is 5.92 Å². The molecule has 0 atom stereocenters. The molecule has 0 saturated heterocycles. The van der Waals surface area contributed by atoms with Crippen LogP contribution in [0.3, 0.4) is 0 Å². The molecule has 0 aromatic heterocycles. The van der Waals surface area contributed by atoms with Crippen LogP contribution in [0.25, 0.3) is 0 Å². The molecule has 0 amide bonds. The minimum Gasteiger partial charge on any atom is -0.437 e. The minimum atomic E-state index is -0.419. The van der Waals surface area contributed by atoms with E-state index in [9.17, 15) is 0 Å². The summed E-state index contributed by atoms with van der Waals surface area (Å²) in [6, 6.07) is 0. The van der Waals surface area contributed by atoms with Crippen molar-refractivity contribution in [3.8, 4) is 0 Å². The third kappa shape index (κ3) is 2.29. The fourth-order valence-corrected chi connectivity index (χ4v) is 1.20. The normalized spacial score (nSPS) is 31.5. The Morgan fingerprint density at radius 2 is 2.20 bits per heavy atom. The van der Waals surface area contributed by atoms with Crippen LogP contribution in [0.4, 0.5) is 0 Å². The summed E-state index contributed by atoms with van der Waals surface area (Å²) in [4.78, 5) is 0. The van der Waals surface area contributed by atoms with Gasteiger partial charge in [-0.15, -0.1) is 0 Å². The Morgan fingerprint density at radius 1 is 1.60 bits per heavy atom. The van der Waals surface area contributed by atoms with Crippen LogP contribution in [0.1, 0.15) is 12.8 Å². The molecule has 0 radical (unpaired) electrons. The van der Waals surface area contributed by atoms with Gasteiger partial charge in [0.15, 0.2) is 0 Å². The number of aliphatic hydroxyl groups excluding tert-OH is 1. The molecule has 1 aliphatic rings. The molecular weight excluding hydrogens is 129 g/mol. The summed E-state index contributed by atoms with van der Waals surface area (Å²) >= 11 is 0. The van der Waals surface area contributed by atoms with Crippen molar-refractivity contribution in [2.45, 2.75) is 25.8 Å². The van der Waals surface area contributed by atoms with E-state index in [0.29, 0.717) is 5.92 Å². The SMILES string of the molecule is CB(O)NCC1CC(O)C1. The van der Waals surface area contributed by atoms with Gasteiger partial charge in [-0.05, 0) is 32.1 Å². The molecule has 1 fully saturated rings. The average molecular weight is 143 g/mol. The van der Waals surface area contributed by atoms with E-state index in [1.54, 1.807) is 6.82 Å². The molecule has 0 spiro atoms. The van der Waals surface area contributed by atoms with Crippen molar-refractivity contribution in [3.05, 3.63) is 0 Å². The largest absolute Gasteiger partial charge is 0.437 e. The summed E-state index contributed by atoms with van der Waals surface area (Å²) in [5, 5.41) is 20.6. The summed E-state index contributed by atoms with van der Waals surface area (Å²) in [5.74, 6) is 0.574. The predicted octanol–water partition coefficient (Wildman–Crippen LogP) is -0.543. The molecule has 0 heterocycles. The zero-order valence-corrected chi connectivity index (χ0v) is 6.25. The maximum absolute atomic E-state index is 8.89. The smallest absolute Gasteiger partial charge is 0.373 e. The topological polar surface area (TPSA) is 52.5 Å². The lowest BCUT2D eigenvalue weighted by molar-refractivity contribution is 0.0449. The number of rotatable bonds is 3. The van der Waals surface area contributed by atoms with E-state index in [0.717, 1.165) is 19.4 Å². The van der Waals surface area contributed by atoms with Gasteiger partial charge in [0.05, 0.1) is 6.10 Å². The third-order valence-electron chi connectivity index (χ3n) is 1.91. The molecule has 1 saturated carbocycles. The fraction of sp³-hybridized carbons (Fsp3) is 1.00. The quantitative estimate of drug-likeness (QED) is 0.465. The first kappa shape index (κ1) is 8.05. The maximum Gasteiger partial charge on any atom is 0.373 e. The lowest BCUT2D eigenvalue weighted by Crippen LogP contribution is -2.41. The van der Waals surface area contributed by atoms with Crippen LogP contribution in [0.5, 0.6) is 0 Å². The lowest BCUT2D eigenvalue weighted by Gasteiger charge is -2.31. The molecule has 0 unspecified atom stereocenters. The van der Waals surface area contributed by atoms with Crippen LogP contribution in [0.2, 0.25) is 6.82 Å². The van der Waals surface area contributed by atoms with E-state index >= 15 is 0 Å². The zero-order chi connectivity index (χ0) is 7.56. The van der Waals surface area contributed by atoms with Crippen LogP contribution in [-0.4, -0.2) is 29.8 Å². The second-order valence-electron chi connectivity index (χ2n) is 3.08. The van der Waals surface area contributed by atoms with E-state index < -0.39 is 7.05 Å². The van der Waals surface area contributed by atoms with Crippen molar-refractivity contribution in [2.24, 2.45) is 5.92 Å². The van der Waals surface area contributed by atoms with Gasteiger partial charge in [-0.1, -0.05) is 0 Å². The van der Waals surface area contributed by atoms with Gasteiger partial charge in [0.2, 0.25) is 0 Å². The molecule has 10 heavy (non-hydrogen) atoms. The average Bonchev–Trinajstić information content (AvgIpc) is 1.77. The molecule has 0 aromatic rings. The Labute approximate surface area is 61.6 Å². The van der Waals surface area contributed by atoms with Gasteiger partial charge in [0, 0.05) is 0 Å². The molecule has 1 aliphatic carbocycles. The monoisotopic (exact) mass is 143 g/mol. The highest BCUT2D eigenvalue weighted by Gasteiger charge is 2.26. The predicted molar refractivity (Wildman–Crippen MR) is 40.6 cm³/mol. The van der Waals surface area contributed by atoms with Crippen molar-refractivity contribution in [2.75, 3.05) is 6.54 Å². The van der Waals surface area contributed by atoms with Crippen LogP contribution >= 0.6 is 0 Å². The molecule has 1 rings (SSSR count). The summed E-state index contributed by atoms with van der Waals surface area (Å²) in [6.45, 7) is 2.53. The third-order valence-corrected chi connectivity index (χ3v) is 1.91. The van der Waals surface area contributed by atoms with E-state index in [4.69, 9.17) is 10.1 Å². The Kier molecular flexibility index (Phi) is 2.71. The second kappa shape index (κ2) is 3.37. The first-order valence-electron chi connectivity index (χ1n) is 3.78. The highest BCUT2D eigenvalue weighted by atomic mass is 16.3. The first-order valence-corrected chi connectivity index (χ1v) is 3.78. The molecule has 0 bridgehead atoms. The van der Waals surface area contributed by atoms with Crippen molar-refractivity contribution in [3.63, 3.8) is 0 Å². The van der Waals surface area contributed by atoms with Crippen molar-refractivity contribution in [1.29, 1.82) is 0 Å². The Balaban J connectivity index is 1.95. The van der Waals surface area contributed by atoms with E-state index in [-0.39, 0.29) is 6.10 Å². The highest BCUT2D eigenvalue weighted by molar-refractivity contribution is 6.45. The molecule has 3 nitrogen and oxygen atoms in total. The Hall–Kier alpha value is -0.0551. The molecule has 0 aliphatic heterocycles. The number of nitrogens with one attached hydrogen (secondary N) is 1. The fourth-order valence-electron chi connectivity index (χ4n) is 1.20. The number of hydrogen-bond acceptors (Lipinski definition) is 3. The van der Waals surface area contributed by atoms with Gasteiger partial charge in [-0.25, -0.2) is 0 Å². The molecule has 0 aromatic carbocycles. The molecule has 4 heteroatoms. The highest BCUT2D eigenvalue weighted by Crippen LogP contribution is 2.25. The van der Waals surface area contributed by atoms with Crippen molar-refractivity contribution >= 4 is 7.05 Å². The Morgan fingerprint density at radius 3 is 2.60 bits per heavy atom. The zero-order valence-electron chi connectivity index (χ0n) is 6.25. The van der Waals surface area contributed by atoms with Gasteiger partial charge in [0.1, 0.15) is 0 Å². The van der Waals surface area contributed by atoms with Gasteiger partial charge in [-0.3, -0.25) is 0 Å². The van der Waals surface area contributed by atoms with Gasteiger partial charge < -0.3 is 15.4 Å². The summed E-state index contributed by atoms with van der Waals surface area (Å²) in [7, 11) is -0.419.